The van der Waals surface area contributed by atoms with Gasteiger partial charge < -0.3 is 25.5 Å². The molecule has 1 amide bonds. The lowest BCUT2D eigenvalue weighted by Gasteiger charge is -2.14. The number of primary amides is 1. The number of H-pyrrole nitrogens is 1. The van der Waals surface area contributed by atoms with Crippen LogP contribution in [0.1, 0.15) is 42.6 Å². The first-order valence-electron chi connectivity index (χ1n) is 11.0. The molecule has 0 fully saturated rings. The molecule has 4 aromatic rings. The van der Waals surface area contributed by atoms with Crippen molar-refractivity contribution in [3.63, 3.8) is 0 Å². The number of aromatic amines is 1. The van der Waals surface area contributed by atoms with Crippen molar-refractivity contribution in [3.8, 4) is 22.9 Å². The number of nitrogens with two attached hydrogens (primary N) is 1. The van der Waals surface area contributed by atoms with Crippen molar-refractivity contribution in [2.75, 3.05) is 19.5 Å². The molecule has 0 unspecified atom stereocenters. The van der Waals surface area contributed by atoms with Crippen molar-refractivity contribution in [2.45, 2.75) is 33.6 Å². The van der Waals surface area contributed by atoms with E-state index in [2.05, 4.69) is 39.1 Å². The molecule has 9 nitrogen and oxygen atoms in total. The van der Waals surface area contributed by atoms with E-state index in [1.54, 1.807) is 38.7 Å². The Morgan fingerprint density at radius 3 is 2.50 bits per heavy atom. The summed E-state index contributed by atoms with van der Waals surface area (Å²) in [5.74, 6) is 1.70. The normalized spacial score (nSPS) is 10.4. The third-order valence-electron chi connectivity index (χ3n) is 5.12. The van der Waals surface area contributed by atoms with Crippen LogP contribution in [0.5, 0.6) is 11.5 Å². The van der Waals surface area contributed by atoms with Gasteiger partial charge in [-0.15, -0.1) is 0 Å². The SMILES string of the molecule is CCCC.COc1cc(Nc2nc(-c3cccc(C(N)=O)c3)nc3nc[nH]c23)cc(C)c1OC. The molecule has 2 heterocycles. The lowest BCUT2D eigenvalue weighted by atomic mass is 10.1. The summed E-state index contributed by atoms with van der Waals surface area (Å²) in [5, 5.41) is 3.30. The standard InChI is InChI=1S/C21H20N6O3.C4H10/c1-11-7-14(9-15(29-2)17(11)30-3)25-21-16-20(24-10-23-16)26-19(27-21)13-6-4-5-12(8-13)18(22)28;1-3-4-2/h4-10H,1-3H3,(H2,22,28)(H2,23,24,25,26,27);3-4H2,1-2H3. The zero-order valence-electron chi connectivity index (χ0n) is 20.1. The van der Waals surface area contributed by atoms with Crippen molar-refractivity contribution < 1.29 is 14.3 Å². The van der Waals surface area contributed by atoms with Crippen molar-refractivity contribution >= 4 is 28.6 Å². The van der Waals surface area contributed by atoms with Crippen LogP contribution < -0.4 is 20.5 Å². The highest BCUT2D eigenvalue weighted by molar-refractivity contribution is 5.94. The average Bonchev–Trinajstić information content (AvgIpc) is 3.33. The van der Waals surface area contributed by atoms with Crippen molar-refractivity contribution in [1.29, 1.82) is 0 Å². The second-order valence-electron chi connectivity index (χ2n) is 7.60. The summed E-state index contributed by atoms with van der Waals surface area (Å²) < 4.78 is 10.8. The summed E-state index contributed by atoms with van der Waals surface area (Å²) in [4.78, 5) is 28.0. The molecule has 4 N–H and O–H groups in total. The number of benzene rings is 2. The minimum absolute atomic E-state index is 0.378. The van der Waals surface area contributed by atoms with Gasteiger partial charge in [0.25, 0.3) is 0 Å². The number of aryl methyl sites for hydroxylation is 1. The Kier molecular flexibility index (Phi) is 8.02. The maximum absolute atomic E-state index is 11.5. The van der Waals surface area contributed by atoms with Gasteiger partial charge in [0.2, 0.25) is 5.91 Å². The van der Waals surface area contributed by atoms with E-state index in [9.17, 15) is 4.79 Å². The van der Waals surface area contributed by atoms with Gasteiger partial charge in [0.05, 0.1) is 20.5 Å². The fraction of sp³-hybridized carbons (Fsp3) is 0.280. The predicted octanol–water partition coefficient (Wildman–Crippen LogP) is 4.99. The van der Waals surface area contributed by atoms with Gasteiger partial charge in [0, 0.05) is 22.9 Å². The Bertz CT molecular complexity index is 1280. The summed E-state index contributed by atoms with van der Waals surface area (Å²) in [6.45, 7) is 6.29. The first-order valence-corrected chi connectivity index (χ1v) is 11.0. The van der Waals surface area contributed by atoms with Crippen LogP contribution in [-0.2, 0) is 0 Å². The Morgan fingerprint density at radius 1 is 1.09 bits per heavy atom. The molecule has 0 saturated heterocycles. The van der Waals surface area contributed by atoms with Crippen molar-refractivity contribution in [2.24, 2.45) is 5.73 Å². The Morgan fingerprint density at radius 2 is 1.85 bits per heavy atom. The number of anilines is 2. The lowest BCUT2D eigenvalue weighted by molar-refractivity contribution is 0.100. The quantitative estimate of drug-likeness (QED) is 0.353. The number of ether oxygens (including phenoxy) is 2. The summed E-state index contributed by atoms with van der Waals surface area (Å²) in [5.41, 5.74) is 9.24. The van der Waals surface area contributed by atoms with Crippen LogP contribution in [0.15, 0.2) is 42.7 Å². The van der Waals surface area contributed by atoms with Gasteiger partial charge in [-0.05, 0) is 30.7 Å². The number of methoxy groups -OCH3 is 2. The highest BCUT2D eigenvalue weighted by Crippen LogP contribution is 2.35. The van der Waals surface area contributed by atoms with Crippen LogP contribution in [0.3, 0.4) is 0 Å². The molecule has 9 heteroatoms. The molecule has 0 aliphatic heterocycles. The van der Waals surface area contributed by atoms with E-state index >= 15 is 0 Å². The molecule has 2 aromatic heterocycles. The number of nitrogens with zero attached hydrogens (tertiary/aromatic N) is 3. The van der Waals surface area contributed by atoms with Crippen molar-refractivity contribution in [1.82, 2.24) is 19.9 Å². The number of carbonyl (C=O) groups excluding carboxylic acids is 1. The van der Waals surface area contributed by atoms with E-state index in [1.807, 2.05) is 25.1 Å². The smallest absolute Gasteiger partial charge is 0.248 e. The Balaban J connectivity index is 0.000000751. The van der Waals surface area contributed by atoms with Gasteiger partial charge in [-0.2, -0.15) is 0 Å². The predicted molar refractivity (Wildman–Crippen MR) is 134 cm³/mol. The fourth-order valence-electron chi connectivity index (χ4n) is 3.23. The molecule has 34 heavy (non-hydrogen) atoms. The molecule has 0 spiro atoms. The molecule has 2 aromatic carbocycles. The van der Waals surface area contributed by atoms with E-state index in [1.165, 1.54) is 12.8 Å². The fourth-order valence-corrected chi connectivity index (χ4v) is 3.23. The number of imidazole rings is 1. The van der Waals surface area contributed by atoms with Crippen LogP contribution in [0.4, 0.5) is 11.5 Å². The number of carbonyl (C=O) groups is 1. The van der Waals surface area contributed by atoms with E-state index in [4.69, 9.17) is 15.2 Å². The highest BCUT2D eigenvalue weighted by atomic mass is 16.5. The number of fused-ring (bicyclic) bond motifs is 1. The zero-order valence-corrected chi connectivity index (χ0v) is 20.1. The summed E-state index contributed by atoms with van der Waals surface area (Å²) >= 11 is 0. The first-order chi connectivity index (χ1) is 16.4. The maximum Gasteiger partial charge on any atom is 0.248 e. The maximum atomic E-state index is 11.5. The Labute approximate surface area is 198 Å². The number of hydrogen-bond donors (Lipinski definition) is 3. The number of nitrogens with one attached hydrogen (secondary N) is 2. The zero-order chi connectivity index (χ0) is 24.7. The number of rotatable bonds is 7. The molecule has 4 rings (SSSR count). The third-order valence-corrected chi connectivity index (χ3v) is 5.12. The molecule has 0 radical (unpaired) electrons. The van der Waals surface area contributed by atoms with Gasteiger partial charge >= 0.3 is 0 Å². The van der Waals surface area contributed by atoms with Crippen molar-refractivity contribution in [3.05, 3.63) is 53.9 Å². The number of hydrogen-bond acceptors (Lipinski definition) is 7. The van der Waals surface area contributed by atoms with E-state index in [0.29, 0.717) is 45.4 Å². The second-order valence-corrected chi connectivity index (χ2v) is 7.60. The van der Waals surface area contributed by atoms with Gasteiger partial charge in [-0.25, -0.2) is 15.0 Å². The molecule has 0 bridgehead atoms. The van der Waals surface area contributed by atoms with Gasteiger partial charge in [0.1, 0.15) is 5.52 Å². The monoisotopic (exact) mass is 462 g/mol. The molecular weight excluding hydrogens is 432 g/mol. The number of unbranched alkanes of at least 4 members (excludes halogenated alkanes) is 1. The molecule has 178 valence electrons. The average molecular weight is 463 g/mol. The Hall–Kier alpha value is -4.14. The highest BCUT2D eigenvalue weighted by Gasteiger charge is 2.15. The van der Waals surface area contributed by atoms with Crippen LogP contribution >= 0.6 is 0 Å². The van der Waals surface area contributed by atoms with E-state index in [0.717, 1.165) is 11.3 Å². The molecule has 0 aliphatic rings. The third kappa shape index (κ3) is 5.43. The molecule has 0 saturated carbocycles. The largest absolute Gasteiger partial charge is 0.493 e. The summed E-state index contributed by atoms with van der Waals surface area (Å²) in [6.07, 6.45) is 4.19. The molecular formula is C25H30N6O3. The van der Waals surface area contributed by atoms with E-state index in [-0.39, 0.29) is 0 Å². The van der Waals surface area contributed by atoms with Crippen LogP contribution in [0.2, 0.25) is 0 Å². The topological polar surface area (TPSA) is 128 Å². The molecule has 0 aliphatic carbocycles. The number of amides is 1. The van der Waals surface area contributed by atoms with Crippen LogP contribution in [0, 0.1) is 6.92 Å². The van der Waals surface area contributed by atoms with Crippen LogP contribution in [0.25, 0.3) is 22.6 Å². The van der Waals surface area contributed by atoms with Gasteiger partial charge in [-0.1, -0.05) is 38.8 Å². The minimum Gasteiger partial charge on any atom is -0.493 e. The minimum atomic E-state index is -0.517. The van der Waals surface area contributed by atoms with Gasteiger partial charge in [-0.3, -0.25) is 4.79 Å². The first kappa shape index (κ1) is 24.5. The summed E-state index contributed by atoms with van der Waals surface area (Å²) in [6, 6.07) is 10.6. The molecule has 0 atom stereocenters. The summed E-state index contributed by atoms with van der Waals surface area (Å²) in [7, 11) is 3.19. The lowest BCUT2D eigenvalue weighted by Crippen LogP contribution is -2.10. The van der Waals surface area contributed by atoms with E-state index < -0.39 is 5.91 Å². The van der Waals surface area contributed by atoms with Gasteiger partial charge in [0.15, 0.2) is 28.8 Å². The second kappa shape index (κ2) is 11.1. The van der Waals surface area contributed by atoms with Crippen LogP contribution in [-0.4, -0.2) is 40.1 Å². The number of aromatic nitrogens is 4.